The van der Waals surface area contributed by atoms with Gasteiger partial charge in [0.05, 0.1) is 19.3 Å². The molecule has 0 bridgehead atoms. The Labute approximate surface area is 116 Å². The van der Waals surface area contributed by atoms with E-state index in [0.29, 0.717) is 11.4 Å². The Morgan fingerprint density at radius 2 is 1.85 bits per heavy atom. The summed E-state index contributed by atoms with van der Waals surface area (Å²) in [4.78, 5) is 0. The SMILES string of the molecule is COc1cnn(C(C)C)c1C(N)c1c(F)cccc1F. The van der Waals surface area contributed by atoms with Crippen molar-refractivity contribution in [2.75, 3.05) is 7.11 Å². The number of nitrogens with zero attached hydrogens (tertiary/aromatic N) is 2. The van der Waals surface area contributed by atoms with E-state index in [2.05, 4.69) is 5.10 Å². The van der Waals surface area contributed by atoms with Crippen LogP contribution in [-0.2, 0) is 0 Å². The molecule has 2 aromatic rings. The van der Waals surface area contributed by atoms with Gasteiger partial charge in [0.1, 0.15) is 17.3 Å². The number of benzene rings is 1. The third-order valence-electron chi connectivity index (χ3n) is 3.11. The van der Waals surface area contributed by atoms with E-state index in [1.54, 1.807) is 4.68 Å². The van der Waals surface area contributed by atoms with Gasteiger partial charge in [0.25, 0.3) is 0 Å². The number of rotatable bonds is 4. The number of ether oxygens (including phenoxy) is 1. The molecule has 0 aliphatic carbocycles. The first-order valence-electron chi connectivity index (χ1n) is 6.28. The molecule has 1 aromatic heterocycles. The molecule has 1 heterocycles. The van der Waals surface area contributed by atoms with Gasteiger partial charge < -0.3 is 10.5 Å². The second-order valence-corrected chi connectivity index (χ2v) is 4.75. The van der Waals surface area contributed by atoms with Crippen molar-refractivity contribution in [1.82, 2.24) is 9.78 Å². The number of hydrogen-bond donors (Lipinski definition) is 1. The Bertz CT molecular complexity index is 590. The Morgan fingerprint density at radius 3 is 2.35 bits per heavy atom. The normalized spacial score (nSPS) is 12.8. The van der Waals surface area contributed by atoms with Crippen LogP contribution in [-0.4, -0.2) is 16.9 Å². The molecule has 0 fully saturated rings. The second kappa shape index (κ2) is 5.58. The van der Waals surface area contributed by atoms with Gasteiger partial charge in [-0.2, -0.15) is 5.10 Å². The molecule has 0 aliphatic heterocycles. The molecule has 2 rings (SSSR count). The number of hydrogen-bond acceptors (Lipinski definition) is 3. The van der Waals surface area contributed by atoms with Crippen molar-refractivity contribution in [3.05, 3.63) is 47.3 Å². The molecule has 0 spiro atoms. The largest absolute Gasteiger partial charge is 0.493 e. The van der Waals surface area contributed by atoms with Gasteiger partial charge in [-0.3, -0.25) is 4.68 Å². The Kier molecular flexibility index (Phi) is 4.04. The third kappa shape index (κ3) is 2.38. The lowest BCUT2D eigenvalue weighted by Gasteiger charge is -2.19. The second-order valence-electron chi connectivity index (χ2n) is 4.75. The van der Waals surface area contributed by atoms with E-state index in [1.165, 1.54) is 31.5 Å². The molecule has 0 radical (unpaired) electrons. The summed E-state index contributed by atoms with van der Waals surface area (Å²) in [6, 6.07) is 2.67. The van der Waals surface area contributed by atoms with Crippen LogP contribution in [0.4, 0.5) is 8.78 Å². The predicted molar refractivity (Wildman–Crippen MR) is 71.6 cm³/mol. The molecule has 0 saturated heterocycles. The van der Waals surface area contributed by atoms with Crippen molar-refractivity contribution in [2.45, 2.75) is 25.9 Å². The maximum absolute atomic E-state index is 13.9. The quantitative estimate of drug-likeness (QED) is 0.937. The van der Waals surface area contributed by atoms with Crippen LogP contribution in [0.3, 0.4) is 0 Å². The van der Waals surface area contributed by atoms with Gasteiger partial charge in [0.2, 0.25) is 0 Å². The molecule has 0 amide bonds. The smallest absolute Gasteiger partial charge is 0.161 e. The average Bonchev–Trinajstić information content (AvgIpc) is 2.82. The first-order valence-corrected chi connectivity index (χ1v) is 6.28. The lowest BCUT2D eigenvalue weighted by atomic mass is 10.0. The monoisotopic (exact) mass is 281 g/mol. The van der Waals surface area contributed by atoms with Gasteiger partial charge in [0.15, 0.2) is 5.75 Å². The van der Waals surface area contributed by atoms with Crippen molar-refractivity contribution < 1.29 is 13.5 Å². The summed E-state index contributed by atoms with van der Waals surface area (Å²) in [5.74, 6) is -0.957. The molecule has 6 heteroatoms. The van der Waals surface area contributed by atoms with E-state index in [-0.39, 0.29) is 11.6 Å². The van der Waals surface area contributed by atoms with Gasteiger partial charge in [-0.1, -0.05) is 6.07 Å². The molecule has 0 aliphatic rings. The van der Waals surface area contributed by atoms with Gasteiger partial charge in [-0.05, 0) is 26.0 Å². The minimum atomic E-state index is -0.990. The van der Waals surface area contributed by atoms with Crippen molar-refractivity contribution in [3.63, 3.8) is 0 Å². The summed E-state index contributed by atoms with van der Waals surface area (Å²) in [5.41, 5.74) is 6.32. The average molecular weight is 281 g/mol. The molecule has 1 atom stereocenters. The summed E-state index contributed by atoms with van der Waals surface area (Å²) in [6.07, 6.45) is 1.49. The fourth-order valence-electron chi connectivity index (χ4n) is 2.16. The van der Waals surface area contributed by atoms with Crippen molar-refractivity contribution in [3.8, 4) is 5.75 Å². The fraction of sp³-hybridized carbons (Fsp3) is 0.357. The van der Waals surface area contributed by atoms with Crippen LogP contribution in [0.5, 0.6) is 5.75 Å². The zero-order valence-electron chi connectivity index (χ0n) is 11.6. The van der Waals surface area contributed by atoms with Crippen LogP contribution in [0.25, 0.3) is 0 Å². The van der Waals surface area contributed by atoms with Gasteiger partial charge in [-0.25, -0.2) is 8.78 Å². The Balaban J connectivity index is 2.58. The van der Waals surface area contributed by atoms with Crippen LogP contribution in [0.2, 0.25) is 0 Å². The third-order valence-corrected chi connectivity index (χ3v) is 3.11. The van der Waals surface area contributed by atoms with Crippen molar-refractivity contribution in [2.24, 2.45) is 5.73 Å². The standard InChI is InChI=1S/C14H17F2N3O/c1-8(2)19-14(11(20-3)7-18-19)13(17)12-9(15)5-4-6-10(12)16/h4-8,13H,17H2,1-3H3. The first kappa shape index (κ1) is 14.5. The summed E-state index contributed by atoms with van der Waals surface area (Å²) in [6.45, 7) is 3.81. The maximum Gasteiger partial charge on any atom is 0.161 e. The van der Waals surface area contributed by atoms with Crippen LogP contribution >= 0.6 is 0 Å². The van der Waals surface area contributed by atoms with Crippen molar-refractivity contribution >= 4 is 0 Å². The van der Waals surface area contributed by atoms with Gasteiger partial charge in [0, 0.05) is 11.6 Å². The molecule has 0 saturated carbocycles. The lowest BCUT2D eigenvalue weighted by molar-refractivity contribution is 0.398. The highest BCUT2D eigenvalue weighted by Gasteiger charge is 2.26. The Hall–Kier alpha value is -1.95. The summed E-state index contributed by atoms with van der Waals surface area (Å²) < 4.78 is 34.5. The van der Waals surface area contributed by atoms with E-state index in [4.69, 9.17) is 10.5 Å². The van der Waals surface area contributed by atoms with E-state index >= 15 is 0 Å². The number of nitrogens with two attached hydrogens (primary N) is 1. The molecule has 1 unspecified atom stereocenters. The topological polar surface area (TPSA) is 53.1 Å². The van der Waals surface area contributed by atoms with E-state index in [1.807, 2.05) is 13.8 Å². The molecule has 4 nitrogen and oxygen atoms in total. The highest BCUT2D eigenvalue weighted by molar-refractivity contribution is 5.37. The minimum Gasteiger partial charge on any atom is -0.493 e. The molecular weight excluding hydrogens is 264 g/mol. The highest BCUT2D eigenvalue weighted by Crippen LogP contribution is 2.32. The number of halogens is 2. The van der Waals surface area contributed by atoms with E-state index < -0.39 is 17.7 Å². The number of methoxy groups -OCH3 is 1. The van der Waals surface area contributed by atoms with Crippen LogP contribution in [0.15, 0.2) is 24.4 Å². The maximum atomic E-state index is 13.9. The summed E-state index contributed by atoms with van der Waals surface area (Å²) in [5, 5.41) is 4.16. The zero-order chi connectivity index (χ0) is 14.9. The molecular formula is C14H17F2N3O. The van der Waals surface area contributed by atoms with Gasteiger partial charge >= 0.3 is 0 Å². The molecule has 2 N–H and O–H groups in total. The van der Waals surface area contributed by atoms with Crippen LogP contribution < -0.4 is 10.5 Å². The van der Waals surface area contributed by atoms with E-state index in [9.17, 15) is 8.78 Å². The minimum absolute atomic E-state index is 0.00483. The van der Waals surface area contributed by atoms with Crippen LogP contribution in [0, 0.1) is 11.6 Å². The van der Waals surface area contributed by atoms with Gasteiger partial charge in [-0.15, -0.1) is 0 Å². The molecule has 108 valence electrons. The van der Waals surface area contributed by atoms with Crippen molar-refractivity contribution in [1.29, 1.82) is 0 Å². The zero-order valence-corrected chi connectivity index (χ0v) is 11.6. The first-order chi connectivity index (χ1) is 9.47. The molecule has 20 heavy (non-hydrogen) atoms. The predicted octanol–water partition coefficient (Wildman–Crippen LogP) is 2.80. The Morgan fingerprint density at radius 1 is 1.25 bits per heavy atom. The van der Waals surface area contributed by atoms with E-state index in [0.717, 1.165) is 0 Å². The lowest BCUT2D eigenvalue weighted by Crippen LogP contribution is -2.21. The van der Waals surface area contributed by atoms with Crippen LogP contribution in [0.1, 0.15) is 37.2 Å². The summed E-state index contributed by atoms with van der Waals surface area (Å²) >= 11 is 0. The highest BCUT2D eigenvalue weighted by atomic mass is 19.1. The number of aromatic nitrogens is 2. The molecule has 1 aromatic carbocycles. The summed E-state index contributed by atoms with van der Waals surface area (Å²) in [7, 11) is 1.47. The fourth-order valence-corrected chi connectivity index (χ4v) is 2.16.